The Morgan fingerprint density at radius 1 is 1.28 bits per heavy atom. The van der Waals surface area contributed by atoms with Crippen molar-refractivity contribution in [3.05, 3.63) is 54.7 Å². The molecule has 7 nitrogen and oxygen atoms in total. The second-order valence-electron chi connectivity index (χ2n) is 8.02. The van der Waals surface area contributed by atoms with Crippen LogP contribution in [0.25, 0.3) is 0 Å². The summed E-state index contributed by atoms with van der Waals surface area (Å²) in [4.78, 5) is 27.2. The Balaban J connectivity index is 0.000000308. The van der Waals surface area contributed by atoms with E-state index in [2.05, 4.69) is 15.8 Å². The van der Waals surface area contributed by atoms with Crippen molar-refractivity contribution in [2.45, 2.75) is 44.4 Å². The van der Waals surface area contributed by atoms with Crippen molar-refractivity contribution in [3.8, 4) is 6.07 Å². The van der Waals surface area contributed by atoms with Crippen LogP contribution < -0.4 is 10.6 Å². The van der Waals surface area contributed by atoms with E-state index in [0.29, 0.717) is 12.1 Å². The number of nitrogens with zero attached hydrogens (tertiary/aromatic N) is 2. The monoisotopic (exact) mass is 560 g/mol. The van der Waals surface area contributed by atoms with Gasteiger partial charge in [0.15, 0.2) is 0 Å². The molecule has 2 amide bonds. The molecule has 1 aliphatic carbocycles. The number of amides is 2. The number of thiophene rings is 1. The first-order valence-corrected chi connectivity index (χ1v) is 12.3. The van der Waals surface area contributed by atoms with Gasteiger partial charge in [0.25, 0.3) is 5.60 Å². The number of aryl methyl sites for hydroxylation is 1. The summed E-state index contributed by atoms with van der Waals surface area (Å²) < 4.78 is 42.2. The maximum atomic E-state index is 14.1. The van der Waals surface area contributed by atoms with Crippen LogP contribution >= 0.6 is 34.5 Å². The molecule has 2 aromatic rings. The molecule has 0 saturated carbocycles. The number of fused-ring (bicyclic) bond motifs is 1. The molecular weight excluding hydrogens is 540 g/mol. The predicted octanol–water partition coefficient (Wildman–Crippen LogP) is 4.81. The predicted molar refractivity (Wildman–Crippen MR) is 130 cm³/mol. The van der Waals surface area contributed by atoms with Crippen molar-refractivity contribution in [1.29, 1.82) is 5.26 Å². The standard InChI is InChI=1S/C18H14Cl2F3NOS.C5H7N3O2/c1-9-13-3-2-4-14(13)16(26-9)15-8-17(25-24-15,18(21,22)23)10-5-11(19)7-12(20)6-10;6-1-2-8-5(10)3-7-4-9/h5-7H,2-4,8H2,1H3;4H,2-3H2,(H,7,9)(H,8,10). The molecule has 4 rings (SSSR count). The Morgan fingerprint density at radius 2 is 1.94 bits per heavy atom. The number of rotatable bonds is 6. The number of nitrogens with one attached hydrogen (secondary N) is 2. The zero-order valence-electron chi connectivity index (χ0n) is 19.0. The molecule has 2 N–H and O–H groups in total. The van der Waals surface area contributed by atoms with E-state index in [1.165, 1.54) is 35.1 Å². The molecule has 2 aliphatic rings. The highest BCUT2D eigenvalue weighted by Crippen LogP contribution is 2.51. The molecule has 0 spiro atoms. The van der Waals surface area contributed by atoms with Crippen molar-refractivity contribution in [2.75, 3.05) is 13.1 Å². The molecule has 2 heterocycles. The number of hydrogen-bond donors (Lipinski definition) is 2. The zero-order chi connectivity index (χ0) is 26.5. The van der Waals surface area contributed by atoms with E-state index in [9.17, 15) is 22.8 Å². The van der Waals surface area contributed by atoms with Crippen LogP contribution in [0.3, 0.4) is 0 Å². The lowest BCUT2D eigenvalue weighted by Gasteiger charge is -2.29. The molecule has 1 atom stereocenters. The van der Waals surface area contributed by atoms with E-state index < -0.39 is 11.8 Å². The minimum Gasteiger partial charge on any atom is -0.374 e. The number of hydrogen-bond acceptors (Lipinski definition) is 6. The SMILES string of the molecule is Cc1sc(C2=NOC(c3cc(Cl)cc(Cl)c3)(C(F)(F)F)C2)c2c1CCC2.N#CCNC(=O)CNC=O. The molecule has 1 aromatic heterocycles. The van der Waals surface area contributed by atoms with Gasteiger partial charge in [-0.25, -0.2) is 0 Å². The third-order valence-corrected chi connectivity index (χ3v) is 7.33. The van der Waals surface area contributed by atoms with Gasteiger partial charge < -0.3 is 15.5 Å². The number of carbonyl (C=O) groups is 2. The number of nitriles is 1. The Labute approximate surface area is 219 Å². The highest BCUT2D eigenvalue weighted by Gasteiger charge is 2.62. The maximum Gasteiger partial charge on any atom is 0.435 e. The second-order valence-corrected chi connectivity index (χ2v) is 10.1. The summed E-state index contributed by atoms with van der Waals surface area (Å²) >= 11 is 13.4. The van der Waals surface area contributed by atoms with E-state index in [1.54, 1.807) is 6.07 Å². The molecule has 36 heavy (non-hydrogen) atoms. The molecule has 1 aromatic carbocycles. The summed E-state index contributed by atoms with van der Waals surface area (Å²) in [6.45, 7) is 1.90. The molecule has 192 valence electrons. The van der Waals surface area contributed by atoms with E-state index >= 15 is 0 Å². The van der Waals surface area contributed by atoms with Crippen LogP contribution in [-0.2, 0) is 32.9 Å². The van der Waals surface area contributed by atoms with Gasteiger partial charge in [0.1, 0.15) is 12.3 Å². The lowest BCUT2D eigenvalue weighted by atomic mass is 9.87. The lowest BCUT2D eigenvalue weighted by Crippen LogP contribution is -2.42. The van der Waals surface area contributed by atoms with Gasteiger partial charge in [-0.05, 0) is 55.5 Å². The molecule has 13 heteroatoms. The highest BCUT2D eigenvalue weighted by molar-refractivity contribution is 7.14. The minimum atomic E-state index is -4.66. The van der Waals surface area contributed by atoms with Gasteiger partial charge in [0, 0.05) is 20.5 Å². The average Bonchev–Trinajstić information content (AvgIpc) is 3.53. The first-order chi connectivity index (χ1) is 17.0. The third-order valence-electron chi connectivity index (χ3n) is 5.66. The minimum absolute atomic E-state index is 0.0284. The smallest absolute Gasteiger partial charge is 0.374 e. The number of benzene rings is 1. The number of halogens is 5. The van der Waals surface area contributed by atoms with Crippen LogP contribution in [-0.4, -0.2) is 37.3 Å². The van der Waals surface area contributed by atoms with Gasteiger partial charge >= 0.3 is 6.18 Å². The summed E-state index contributed by atoms with van der Waals surface area (Å²) in [7, 11) is 0. The van der Waals surface area contributed by atoms with Crippen molar-refractivity contribution < 1.29 is 27.6 Å². The molecule has 0 saturated heterocycles. The average molecular weight is 561 g/mol. The number of carbonyl (C=O) groups excluding carboxylic acids is 2. The van der Waals surface area contributed by atoms with Crippen LogP contribution in [0.15, 0.2) is 23.4 Å². The van der Waals surface area contributed by atoms with Gasteiger partial charge in [0.05, 0.1) is 23.9 Å². The van der Waals surface area contributed by atoms with E-state index in [0.717, 1.165) is 34.6 Å². The first-order valence-electron chi connectivity index (χ1n) is 10.7. The zero-order valence-corrected chi connectivity index (χ0v) is 21.3. The Morgan fingerprint density at radius 3 is 2.56 bits per heavy atom. The van der Waals surface area contributed by atoms with Crippen molar-refractivity contribution in [3.63, 3.8) is 0 Å². The van der Waals surface area contributed by atoms with Crippen molar-refractivity contribution in [2.24, 2.45) is 5.16 Å². The molecule has 0 bridgehead atoms. The fourth-order valence-corrected chi connectivity index (χ4v) is 5.80. The van der Waals surface area contributed by atoms with Crippen LogP contribution in [0.5, 0.6) is 0 Å². The van der Waals surface area contributed by atoms with Gasteiger partial charge in [-0.15, -0.1) is 11.3 Å². The molecule has 1 unspecified atom stereocenters. The molecule has 0 fully saturated rings. The maximum absolute atomic E-state index is 14.1. The van der Waals surface area contributed by atoms with Crippen molar-refractivity contribution in [1.82, 2.24) is 10.6 Å². The lowest BCUT2D eigenvalue weighted by molar-refractivity contribution is -0.275. The summed E-state index contributed by atoms with van der Waals surface area (Å²) in [5, 5.41) is 16.5. The molecule has 1 aliphatic heterocycles. The summed E-state index contributed by atoms with van der Waals surface area (Å²) in [6.07, 6.45) is -1.77. The third kappa shape index (κ3) is 5.94. The highest BCUT2D eigenvalue weighted by atomic mass is 35.5. The van der Waals surface area contributed by atoms with Gasteiger partial charge in [0.2, 0.25) is 12.3 Å². The molecule has 0 radical (unpaired) electrons. The van der Waals surface area contributed by atoms with Crippen LogP contribution in [0.1, 0.15) is 39.3 Å². The van der Waals surface area contributed by atoms with Crippen LogP contribution in [0.2, 0.25) is 10.0 Å². The first kappa shape index (κ1) is 27.8. The summed E-state index contributed by atoms with van der Waals surface area (Å²) in [6, 6.07) is 5.60. The van der Waals surface area contributed by atoms with E-state index in [-0.39, 0.29) is 41.0 Å². The molecular formula is C23H21Cl2F3N4O3S. The van der Waals surface area contributed by atoms with E-state index in [4.69, 9.17) is 33.3 Å². The largest absolute Gasteiger partial charge is 0.435 e. The number of alkyl halides is 3. The fourth-order valence-electron chi connectivity index (χ4n) is 4.04. The Hall–Kier alpha value is -2.81. The number of oxime groups is 1. The van der Waals surface area contributed by atoms with Gasteiger partial charge in [-0.2, -0.15) is 18.4 Å². The quantitative estimate of drug-likeness (QED) is 0.391. The van der Waals surface area contributed by atoms with Crippen molar-refractivity contribution >= 4 is 52.6 Å². The van der Waals surface area contributed by atoms with Gasteiger partial charge in [-0.3, -0.25) is 9.59 Å². The Bertz CT molecular complexity index is 1210. The van der Waals surface area contributed by atoms with Gasteiger partial charge in [-0.1, -0.05) is 28.4 Å². The van der Waals surface area contributed by atoms with E-state index in [1.807, 2.05) is 6.92 Å². The van der Waals surface area contributed by atoms with Crippen LogP contribution in [0, 0.1) is 18.3 Å². The summed E-state index contributed by atoms with van der Waals surface area (Å²) in [5.41, 5.74) is 0.0149. The topological polar surface area (TPSA) is 104 Å². The fraction of sp³-hybridized carbons (Fsp3) is 0.391. The Kier molecular flexibility index (Phi) is 8.87. The second kappa shape index (κ2) is 11.5. The normalized spacial score (nSPS) is 18.2. The van der Waals surface area contributed by atoms with Crippen LogP contribution in [0.4, 0.5) is 13.2 Å². The summed E-state index contributed by atoms with van der Waals surface area (Å²) in [5.74, 6) is -0.367.